The van der Waals surface area contributed by atoms with Crippen molar-refractivity contribution in [1.82, 2.24) is 15.1 Å². The Morgan fingerprint density at radius 3 is 2.81 bits per heavy atom. The van der Waals surface area contributed by atoms with E-state index in [-0.39, 0.29) is 12.3 Å². The lowest BCUT2D eigenvalue weighted by molar-refractivity contribution is -0.137. The van der Waals surface area contributed by atoms with Crippen molar-refractivity contribution in [1.29, 1.82) is 0 Å². The fraction of sp³-hybridized carbons (Fsp3) is 0.500. The number of aliphatic carboxylic acids is 1. The van der Waals surface area contributed by atoms with Gasteiger partial charge in [0.25, 0.3) is 0 Å². The molecule has 6 nitrogen and oxygen atoms in total. The monoisotopic (exact) mass is 225 g/mol. The molecule has 16 heavy (non-hydrogen) atoms. The Morgan fingerprint density at radius 1 is 1.62 bits per heavy atom. The fourth-order valence-electron chi connectivity index (χ4n) is 1.55. The van der Waals surface area contributed by atoms with Crippen molar-refractivity contribution in [2.75, 3.05) is 0 Å². The summed E-state index contributed by atoms with van der Waals surface area (Å²) in [5.74, 6) is -1.21. The first-order valence-electron chi connectivity index (χ1n) is 5.05. The molecule has 1 rings (SSSR count). The normalized spacial score (nSPS) is 12.1. The summed E-state index contributed by atoms with van der Waals surface area (Å²) in [6.07, 6.45) is 1.45. The molecule has 6 heteroatoms. The molecule has 0 aromatic carbocycles. The molecule has 0 fully saturated rings. The van der Waals surface area contributed by atoms with Crippen LogP contribution in [-0.2, 0) is 16.1 Å². The standard InChI is InChI=1S/C10H15N3O3/c1-3-13-9(4-5-11-13)8(6-10(15)16)12-7(2)14/h4-5,8H,3,6H2,1-2H3,(H,12,14)(H,15,16)/t8-/m1/s1. The van der Waals surface area contributed by atoms with Crippen LogP contribution < -0.4 is 5.32 Å². The highest BCUT2D eigenvalue weighted by Crippen LogP contribution is 2.16. The topological polar surface area (TPSA) is 84.2 Å². The van der Waals surface area contributed by atoms with E-state index >= 15 is 0 Å². The third kappa shape index (κ3) is 3.08. The number of aromatic nitrogens is 2. The van der Waals surface area contributed by atoms with E-state index in [0.29, 0.717) is 12.2 Å². The summed E-state index contributed by atoms with van der Waals surface area (Å²) >= 11 is 0. The highest BCUT2D eigenvalue weighted by Gasteiger charge is 2.19. The molecule has 1 amide bonds. The Kier molecular flexibility index (Phi) is 4.04. The molecule has 88 valence electrons. The summed E-state index contributed by atoms with van der Waals surface area (Å²) < 4.78 is 1.67. The number of rotatable bonds is 5. The lowest BCUT2D eigenvalue weighted by atomic mass is 10.1. The highest BCUT2D eigenvalue weighted by molar-refractivity contribution is 5.75. The lowest BCUT2D eigenvalue weighted by Gasteiger charge is -2.16. The number of hydrogen-bond donors (Lipinski definition) is 2. The van der Waals surface area contributed by atoms with E-state index in [9.17, 15) is 9.59 Å². The Hall–Kier alpha value is -1.85. The molecule has 0 aliphatic carbocycles. The minimum Gasteiger partial charge on any atom is -0.481 e. The number of amides is 1. The van der Waals surface area contributed by atoms with Crippen LogP contribution in [0, 0.1) is 0 Å². The van der Waals surface area contributed by atoms with Crippen LogP contribution in [0.25, 0.3) is 0 Å². The zero-order chi connectivity index (χ0) is 12.1. The summed E-state index contributed by atoms with van der Waals surface area (Å²) in [5.41, 5.74) is 0.708. The number of carboxylic acid groups (broad SMARTS) is 1. The first-order chi connectivity index (χ1) is 7.54. The van der Waals surface area contributed by atoms with Gasteiger partial charge in [-0.25, -0.2) is 0 Å². The van der Waals surface area contributed by atoms with Gasteiger partial charge in [-0.1, -0.05) is 0 Å². The minimum atomic E-state index is -0.956. The summed E-state index contributed by atoms with van der Waals surface area (Å²) in [4.78, 5) is 21.7. The second kappa shape index (κ2) is 5.29. The van der Waals surface area contributed by atoms with E-state index in [0.717, 1.165) is 0 Å². The van der Waals surface area contributed by atoms with Gasteiger partial charge >= 0.3 is 5.97 Å². The van der Waals surface area contributed by atoms with Crippen molar-refractivity contribution in [3.63, 3.8) is 0 Å². The van der Waals surface area contributed by atoms with Crippen LogP contribution >= 0.6 is 0 Å². The number of hydrogen-bond acceptors (Lipinski definition) is 3. The van der Waals surface area contributed by atoms with Crippen LogP contribution in [0.5, 0.6) is 0 Å². The molecular weight excluding hydrogens is 210 g/mol. The zero-order valence-corrected chi connectivity index (χ0v) is 9.30. The molecular formula is C10H15N3O3. The van der Waals surface area contributed by atoms with Crippen LogP contribution in [0.4, 0.5) is 0 Å². The molecule has 0 aliphatic heterocycles. The van der Waals surface area contributed by atoms with Crippen molar-refractivity contribution in [2.45, 2.75) is 32.9 Å². The fourth-order valence-corrected chi connectivity index (χ4v) is 1.55. The maximum Gasteiger partial charge on any atom is 0.305 e. The molecule has 1 heterocycles. The third-order valence-corrected chi connectivity index (χ3v) is 2.16. The van der Waals surface area contributed by atoms with Crippen molar-refractivity contribution >= 4 is 11.9 Å². The minimum absolute atomic E-state index is 0.148. The van der Waals surface area contributed by atoms with Gasteiger partial charge < -0.3 is 10.4 Å². The summed E-state index contributed by atoms with van der Waals surface area (Å²) in [5, 5.41) is 15.4. The van der Waals surface area contributed by atoms with Gasteiger partial charge in [0, 0.05) is 19.7 Å². The molecule has 2 N–H and O–H groups in total. The zero-order valence-electron chi connectivity index (χ0n) is 9.30. The van der Waals surface area contributed by atoms with E-state index in [2.05, 4.69) is 10.4 Å². The summed E-state index contributed by atoms with van der Waals surface area (Å²) in [6.45, 7) is 3.90. The Bertz CT molecular complexity index is 370. The molecule has 0 aliphatic rings. The number of aryl methyl sites for hydroxylation is 1. The molecule has 1 aromatic rings. The number of carbonyl (C=O) groups is 2. The highest BCUT2D eigenvalue weighted by atomic mass is 16.4. The van der Waals surface area contributed by atoms with Crippen LogP contribution in [0.15, 0.2) is 12.3 Å². The van der Waals surface area contributed by atoms with Gasteiger partial charge in [0.15, 0.2) is 0 Å². The number of nitrogens with one attached hydrogen (secondary N) is 1. The van der Waals surface area contributed by atoms with E-state index < -0.39 is 12.0 Å². The smallest absolute Gasteiger partial charge is 0.305 e. The first kappa shape index (κ1) is 12.2. The molecule has 0 radical (unpaired) electrons. The van der Waals surface area contributed by atoms with Gasteiger partial charge in [0.2, 0.25) is 5.91 Å². The van der Waals surface area contributed by atoms with Gasteiger partial charge in [-0.15, -0.1) is 0 Å². The van der Waals surface area contributed by atoms with Gasteiger partial charge in [0.1, 0.15) is 0 Å². The van der Waals surface area contributed by atoms with Crippen molar-refractivity contribution in [3.8, 4) is 0 Å². The van der Waals surface area contributed by atoms with E-state index in [1.165, 1.54) is 6.92 Å². The van der Waals surface area contributed by atoms with Crippen LogP contribution in [0.3, 0.4) is 0 Å². The maximum atomic E-state index is 11.0. The van der Waals surface area contributed by atoms with Crippen molar-refractivity contribution in [3.05, 3.63) is 18.0 Å². The van der Waals surface area contributed by atoms with E-state index in [1.807, 2.05) is 6.92 Å². The molecule has 1 aromatic heterocycles. The lowest BCUT2D eigenvalue weighted by Crippen LogP contribution is -2.29. The average molecular weight is 225 g/mol. The number of nitrogens with zero attached hydrogens (tertiary/aromatic N) is 2. The maximum absolute atomic E-state index is 11.0. The summed E-state index contributed by atoms with van der Waals surface area (Å²) in [7, 11) is 0. The SMILES string of the molecule is CCn1nccc1[C@@H](CC(=O)O)NC(C)=O. The largest absolute Gasteiger partial charge is 0.481 e. The van der Waals surface area contributed by atoms with Gasteiger partial charge in [-0.05, 0) is 13.0 Å². The Labute approximate surface area is 93.3 Å². The second-order valence-corrected chi connectivity index (χ2v) is 3.42. The molecule has 0 spiro atoms. The van der Waals surface area contributed by atoms with Gasteiger partial charge in [-0.3, -0.25) is 14.3 Å². The average Bonchev–Trinajstić information content (AvgIpc) is 2.62. The predicted octanol–water partition coefficient (Wildman–Crippen LogP) is 0.555. The predicted molar refractivity (Wildman–Crippen MR) is 56.7 cm³/mol. The van der Waals surface area contributed by atoms with Crippen LogP contribution in [0.2, 0.25) is 0 Å². The van der Waals surface area contributed by atoms with E-state index in [4.69, 9.17) is 5.11 Å². The molecule has 0 saturated carbocycles. The Morgan fingerprint density at radius 2 is 2.31 bits per heavy atom. The number of carboxylic acids is 1. The number of carbonyl (C=O) groups excluding carboxylic acids is 1. The third-order valence-electron chi connectivity index (χ3n) is 2.16. The quantitative estimate of drug-likeness (QED) is 0.766. The van der Waals surface area contributed by atoms with Crippen molar-refractivity contribution in [2.24, 2.45) is 0 Å². The molecule has 0 bridgehead atoms. The molecule has 0 unspecified atom stereocenters. The van der Waals surface area contributed by atoms with Gasteiger partial charge in [0.05, 0.1) is 18.2 Å². The summed E-state index contributed by atoms with van der Waals surface area (Å²) in [6, 6.07) is 1.19. The van der Waals surface area contributed by atoms with E-state index in [1.54, 1.807) is 16.9 Å². The molecule has 0 saturated heterocycles. The second-order valence-electron chi connectivity index (χ2n) is 3.42. The first-order valence-corrected chi connectivity index (χ1v) is 5.05. The Balaban J connectivity index is 2.90. The van der Waals surface area contributed by atoms with Crippen LogP contribution in [0.1, 0.15) is 32.0 Å². The molecule has 1 atom stereocenters. The van der Waals surface area contributed by atoms with Gasteiger partial charge in [-0.2, -0.15) is 5.10 Å². The van der Waals surface area contributed by atoms with Crippen molar-refractivity contribution < 1.29 is 14.7 Å². The van der Waals surface area contributed by atoms with Crippen LogP contribution in [-0.4, -0.2) is 26.8 Å².